The Labute approximate surface area is 338 Å². The lowest BCUT2D eigenvalue weighted by molar-refractivity contribution is -0.387. The highest BCUT2D eigenvalue weighted by atomic mass is 16.8. The SMILES string of the molecule is C=C[C@@H](O)[C@H](CO[C@@H]1OC(CO)[C@@H](O[C@@H]2OC(CO)[C@H](O[C@H]3OC(CO)[C@H](O)[C@H](O[C@@H]4OC(CO)[C@H](O)[C@H](O)C4C)C3O)[C@H](O)C2O)[C@H](O)C1O)NC(=O)OC(C)(C)C. The van der Waals surface area contributed by atoms with Crippen LogP contribution in [0.1, 0.15) is 27.7 Å². The summed E-state index contributed by atoms with van der Waals surface area (Å²) in [6.07, 6.45) is -33.6. The highest BCUT2D eigenvalue weighted by Gasteiger charge is 2.55. The molecule has 0 aromatic carbocycles. The maximum atomic E-state index is 12.3. The van der Waals surface area contributed by atoms with Crippen molar-refractivity contribution >= 4 is 6.09 Å². The lowest BCUT2D eigenvalue weighted by atomic mass is 9.92. The topological polar surface area (TPSA) is 375 Å². The monoisotopic (exact) mass is 863 g/mol. The maximum absolute atomic E-state index is 12.3. The molecule has 0 saturated carbocycles. The van der Waals surface area contributed by atoms with Crippen molar-refractivity contribution in [2.75, 3.05) is 33.0 Å². The van der Waals surface area contributed by atoms with Crippen molar-refractivity contribution in [3.05, 3.63) is 12.7 Å². The van der Waals surface area contributed by atoms with Crippen LogP contribution in [0.5, 0.6) is 0 Å². The second kappa shape index (κ2) is 21.5. The summed E-state index contributed by atoms with van der Waals surface area (Å²) in [6.45, 7) is 5.87. The Morgan fingerprint density at radius 1 is 0.627 bits per heavy atom. The summed E-state index contributed by atoms with van der Waals surface area (Å²) < 4.78 is 50.3. The Balaban J connectivity index is 1.42. The van der Waals surface area contributed by atoms with Crippen LogP contribution in [0.3, 0.4) is 0 Å². The van der Waals surface area contributed by atoms with E-state index in [4.69, 9.17) is 42.6 Å². The van der Waals surface area contributed by atoms with Crippen molar-refractivity contribution < 1.29 is 114 Å². The van der Waals surface area contributed by atoms with Crippen LogP contribution in [0, 0.1) is 5.92 Å². The molecule has 24 nitrogen and oxygen atoms in total. The van der Waals surface area contributed by atoms with E-state index in [9.17, 15) is 71.2 Å². The largest absolute Gasteiger partial charge is 0.444 e. The van der Waals surface area contributed by atoms with Crippen LogP contribution in [0.15, 0.2) is 12.7 Å². The number of ether oxygens (including phenoxy) is 9. The van der Waals surface area contributed by atoms with E-state index < -0.39 is 180 Å². The van der Waals surface area contributed by atoms with E-state index in [1.54, 1.807) is 20.8 Å². The molecule has 4 heterocycles. The van der Waals surface area contributed by atoms with E-state index in [1.807, 2.05) is 0 Å². The van der Waals surface area contributed by atoms with Crippen molar-refractivity contribution in [3.63, 3.8) is 0 Å². The van der Waals surface area contributed by atoms with Crippen molar-refractivity contribution in [2.24, 2.45) is 5.92 Å². The van der Waals surface area contributed by atoms with E-state index >= 15 is 0 Å². The average molecular weight is 864 g/mol. The molecule has 344 valence electrons. The number of rotatable bonds is 16. The van der Waals surface area contributed by atoms with Crippen molar-refractivity contribution in [3.8, 4) is 0 Å². The molecule has 0 aromatic rings. The van der Waals surface area contributed by atoms with Gasteiger partial charge < -0.3 is 114 Å². The number of hydrogen-bond acceptors (Lipinski definition) is 23. The molecule has 4 aliphatic heterocycles. The third-order valence-corrected chi connectivity index (χ3v) is 10.3. The molecule has 59 heavy (non-hydrogen) atoms. The quantitative estimate of drug-likeness (QED) is 0.0641. The molecule has 22 atom stereocenters. The molecule has 0 radical (unpaired) electrons. The van der Waals surface area contributed by atoms with Crippen LogP contribution in [0.25, 0.3) is 0 Å². The minimum Gasteiger partial charge on any atom is -0.444 e. The van der Waals surface area contributed by atoms with Gasteiger partial charge in [0.15, 0.2) is 25.2 Å². The van der Waals surface area contributed by atoms with E-state index in [-0.39, 0.29) is 0 Å². The van der Waals surface area contributed by atoms with Crippen molar-refractivity contribution in [2.45, 2.75) is 162 Å². The summed E-state index contributed by atoms with van der Waals surface area (Å²) in [7, 11) is 0. The first-order valence-corrected chi connectivity index (χ1v) is 19.1. The molecule has 4 fully saturated rings. The molecule has 4 saturated heterocycles. The molecule has 0 aromatic heterocycles. The van der Waals surface area contributed by atoms with Gasteiger partial charge in [-0.1, -0.05) is 13.0 Å². The smallest absolute Gasteiger partial charge is 0.408 e. The maximum Gasteiger partial charge on any atom is 0.408 e. The molecule has 0 spiro atoms. The van der Waals surface area contributed by atoms with Gasteiger partial charge in [0.2, 0.25) is 0 Å². The zero-order valence-electron chi connectivity index (χ0n) is 32.9. The zero-order valence-corrected chi connectivity index (χ0v) is 32.9. The van der Waals surface area contributed by atoms with Crippen LogP contribution in [-0.2, 0) is 42.6 Å². The van der Waals surface area contributed by atoms with Crippen LogP contribution in [0.2, 0.25) is 0 Å². The van der Waals surface area contributed by atoms with Crippen LogP contribution in [-0.4, -0.2) is 240 Å². The van der Waals surface area contributed by atoms with Gasteiger partial charge in [-0.3, -0.25) is 0 Å². The molecule has 8 unspecified atom stereocenters. The van der Waals surface area contributed by atoms with Crippen molar-refractivity contribution in [1.82, 2.24) is 5.32 Å². The summed E-state index contributed by atoms with van der Waals surface area (Å²) in [5, 5.41) is 140. The molecular formula is C35H61NO23. The number of carbonyl (C=O) groups excluding carboxylic acids is 1. The predicted octanol–water partition coefficient (Wildman–Crippen LogP) is -7.01. The van der Waals surface area contributed by atoms with Gasteiger partial charge in [0, 0.05) is 5.92 Å². The first-order chi connectivity index (χ1) is 27.7. The molecule has 24 heteroatoms. The lowest BCUT2D eigenvalue weighted by Gasteiger charge is -2.49. The molecule has 0 bridgehead atoms. The highest BCUT2D eigenvalue weighted by Crippen LogP contribution is 2.35. The normalized spacial score (nSPS) is 44.4. The molecule has 4 aliphatic rings. The lowest BCUT2D eigenvalue weighted by Crippen LogP contribution is -2.67. The first kappa shape index (κ1) is 49.8. The van der Waals surface area contributed by atoms with E-state index in [1.165, 1.54) is 6.92 Å². The van der Waals surface area contributed by atoms with Gasteiger partial charge in [-0.05, 0) is 20.8 Å². The van der Waals surface area contributed by atoms with Gasteiger partial charge in [0.05, 0.1) is 51.3 Å². The first-order valence-electron chi connectivity index (χ1n) is 19.1. The highest BCUT2D eigenvalue weighted by molar-refractivity contribution is 5.68. The summed E-state index contributed by atoms with van der Waals surface area (Å²) in [5.74, 6) is -0.962. The van der Waals surface area contributed by atoms with Crippen LogP contribution < -0.4 is 5.32 Å². The number of amides is 1. The number of hydrogen-bond donors (Lipinski definition) is 14. The summed E-state index contributed by atoms with van der Waals surface area (Å²) in [5.41, 5.74) is -0.878. The Hall–Kier alpha value is -1.83. The predicted molar refractivity (Wildman–Crippen MR) is 190 cm³/mol. The third-order valence-electron chi connectivity index (χ3n) is 10.3. The number of nitrogens with one attached hydrogen (secondary N) is 1. The average Bonchev–Trinajstić information content (AvgIpc) is 3.19. The Bertz CT molecular complexity index is 1310. The van der Waals surface area contributed by atoms with Crippen molar-refractivity contribution in [1.29, 1.82) is 0 Å². The van der Waals surface area contributed by atoms with E-state index in [0.29, 0.717) is 0 Å². The molecule has 14 N–H and O–H groups in total. The van der Waals surface area contributed by atoms with Crippen LogP contribution in [0.4, 0.5) is 4.79 Å². The second-order valence-corrected chi connectivity index (χ2v) is 15.8. The summed E-state index contributed by atoms with van der Waals surface area (Å²) in [6, 6.07) is -1.17. The fourth-order valence-corrected chi connectivity index (χ4v) is 6.91. The molecular weight excluding hydrogens is 802 g/mol. The number of carbonyl (C=O) groups is 1. The van der Waals surface area contributed by atoms with Gasteiger partial charge in [-0.15, -0.1) is 6.58 Å². The fourth-order valence-electron chi connectivity index (χ4n) is 6.91. The minimum atomic E-state index is -2.06. The van der Waals surface area contributed by atoms with E-state index in [0.717, 1.165) is 6.08 Å². The van der Waals surface area contributed by atoms with Gasteiger partial charge >= 0.3 is 6.09 Å². The Kier molecular flexibility index (Phi) is 18.2. The number of aliphatic hydroxyl groups excluding tert-OH is 13. The van der Waals surface area contributed by atoms with Gasteiger partial charge in [-0.25, -0.2) is 4.79 Å². The molecule has 4 rings (SSSR count). The van der Waals surface area contributed by atoms with E-state index in [2.05, 4.69) is 11.9 Å². The Morgan fingerprint density at radius 3 is 1.58 bits per heavy atom. The molecule has 0 aliphatic carbocycles. The third kappa shape index (κ3) is 11.8. The van der Waals surface area contributed by atoms with Gasteiger partial charge in [0.25, 0.3) is 0 Å². The summed E-state index contributed by atoms with van der Waals surface area (Å²) >= 11 is 0. The zero-order chi connectivity index (χ0) is 44.1. The minimum absolute atomic E-state index is 0.518. The molecule has 1 amide bonds. The fraction of sp³-hybridized carbons (Fsp3) is 0.914. The standard InChI is InChI=1S/C35H61NO23/c1-6-14(41)13(36-34(50)59-35(3,4)5)11-51-31-24(47)22(45)27(17(9-39)54-31)56-32-25(48)23(46)28(18(10-40)55-32)57-33-26(49)29(21(44)16(8-38)53-33)58-30-12(2)19(42)20(43)15(7-37)52-30/h6,12-33,37-49H,1,7-11H2,2-5H3,(H,36,50)/t12?,13-,14+,15?,16?,17?,18?,19+,20-,21-,22+,23+,24?,25?,26?,27+,28-,29-,30-,31+,32-,33+/m0/s1. The second-order valence-electron chi connectivity index (χ2n) is 15.8. The van der Waals surface area contributed by atoms with Gasteiger partial charge in [-0.2, -0.15) is 0 Å². The summed E-state index contributed by atoms with van der Waals surface area (Å²) in [4.78, 5) is 12.3. The Morgan fingerprint density at radius 2 is 1.07 bits per heavy atom. The number of aliphatic hydroxyl groups is 13. The van der Waals surface area contributed by atoms with Crippen LogP contribution >= 0.6 is 0 Å². The number of alkyl carbamates (subject to hydrolysis) is 1. The van der Waals surface area contributed by atoms with Gasteiger partial charge in [0.1, 0.15) is 91.1 Å².